The summed E-state index contributed by atoms with van der Waals surface area (Å²) < 4.78 is 0. The van der Waals surface area contributed by atoms with E-state index >= 15 is 0 Å². The van der Waals surface area contributed by atoms with Crippen LogP contribution in [0.5, 0.6) is 0 Å². The van der Waals surface area contributed by atoms with E-state index in [1.807, 2.05) is 24.3 Å². The SMILES string of the molecule is CC(C)(C)c1ccc(N[C]=O)c2ccccc12. The van der Waals surface area contributed by atoms with E-state index in [0.29, 0.717) is 0 Å². The third-order valence-electron chi connectivity index (χ3n) is 2.92. The quantitative estimate of drug-likeness (QED) is 0.778. The normalized spacial score (nSPS) is 11.5. The van der Waals surface area contributed by atoms with Gasteiger partial charge in [0.1, 0.15) is 0 Å². The molecule has 0 spiro atoms. The summed E-state index contributed by atoms with van der Waals surface area (Å²) in [4.78, 5) is 10.5. The third kappa shape index (κ3) is 2.16. The second kappa shape index (κ2) is 4.21. The van der Waals surface area contributed by atoms with Crippen LogP contribution in [0.4, 0.5) is 5.69 Å². The van der Waals surface area contributed by atoms with Gasteiger partial charge in [0.2, 0.25) is 0 Å². The number of benzene rings is 2. The second-order valence-corrected chi connectivity index (χ2v) is 5.18. The Morgan fingerprint density at radius 3 is 2.24 bits per heavy atom. The average molecular weight is 226 g/mol. The predicted octanol–water partition coefficient (Wildman–Crippen LogP) is 3.62. The van der Waals surface area contributed by atoms with E-state index in [2.05, 4.69) is 38.2 Å². The van der Waals surface area contributed by atoms with Crippen molar-refractivity contribution in [3.05, 3.63) is 42.0 Å². The van der Waals surface area contributed by atoms with E-state index < -0.39 is 0 Å². The lowest BCUT2D eigenvalue weighted by atomic mass is 9.83. The summed E-state index contributed by atoms with van der Waals surface area (Å²) in [5.74, 6) is 0. The molecule has 0 heterocycles. The van der Waals surface area contributed by atoms with Gasteiger partial charge in [0.05, 0.1) is 0 Å². The highest BCUT2D eigenvalue weighted by Gasteiger charge is 2.17. The summed E-state index contributed by atoms with van der Waals surface area (Å²) >= 11 is 0. The first-order valence-corrected chi connectivity index (χ1v) is 5.69. The van der Waals surface area contributed by atoms with Crippen LogP contribution >= 0.6 is 0 Å². The van der Waals surface area contributed by atoms with Gasteiger partial charge in [0.25, 0.3) is 0 Å². The maximum Gasteiger partial charge on any atom is 0.314 e. The van der Waals surface area contributed by atoms with Gasteiger partial charge in [-0.15, -0.1) is 0 Å². The Balaban J connectivity index is 2.75. The fourth-order valence-electron chi connectivity index (χ4n) is 2.12. The van der Waals surface area contributed by atoms with Crippen molar-refractivity contribution in [3.8, 4) is 0 Å². The molecule has 0 atom stereocenters. The van der Waals surface area contributed by atoms with E-state index in [0.717, 1.165) is 11.1 Å². The standard InChI is InChI=1S/C15H16NO/c1-15(2,3)13-8-9-14(16-10-17)12-7-5-4-6-11(12)13/h4-9H,1-3H3,(H,16,17). The third-order valence-corrected chi connectivity index (χ3v) is 2.92. The Morgan fingerprint density at radius 1 is 1.00 bits per heavy atom. The molecule has 0 aliphatic heterocycles. The van der Waals surface area contributed by atoms with Crippen molar-refractivity contribution in [2.75, 3.05) is 5.32 Å². The van der Waals surface area contributed by atoms with Crippen molar-refractivity contribution in [2.24, 2.45) is 0 Å². The summed E-state index contributed by atoms with van der Waals surface area (Å²) in [7, 11) is 0. The highest BCUT2D eigenvalue weighted by molar-refractivity contribution is 5.99. The van der Waals surface area contributed by atoms with E-state index in [9.17, 15) is 4.79 Å². The molecule has 1 radical (unpaired) electrons. The highest BCUT2D eigenvalue weighted by atomic mass is 16.1. The molecule has 2 heteroatoms. The minimum absolute atomic E-state index is 0.0863. The molecule has 2 nitrogen and oxygen atoms in total. The smallest absolute Gasteiger partial charge is 0.314 e. The van der Waals surface area contributed by atoms with E-state index in [1.165, 1.54) is 10.9 Å². The fraction of sp³-hybridized carbons (Fsp3) is 0.267. The average Bonchev–Trinajstić information content (AvgIpc) is 2.28. The maximum absolute atomic E-state index is 10.5. The zero-order valence-electron chi connectivity index (χ0n) is 10.4. The lowest BCUT2D eigenvalue weighted by molar-refractivity contribution is 0.561. The molecule has 0 saturated carbocycles. The maximum atomic E-state index is 10.5. The monoisotopic (exact) mass is 226 g/mol. The van der Waals surface area contributed by atoms with Crippen LogP contribution in [-0.2, 0) is 10.2 Å². The molecule has 17 heavy (non-hydrogen) atoms. The van der Waals surface area contributed by atoms with E-state index in [-0.39, 0.29) is 5.41 Å². The van der Waals surface area contributed by atoms with Crippen LogP contribution in [0.15, 0.2) is 36.4 Å². The second-order valence-electron chi connectivity index (χ2n) is 5.18. The predicted molar refractivity (Wildman–Crippen MR) is 72.0 cm³/mol. The number of hydrogen-bond acceptors (Lipinski definition) is 1. The van der Waals surface area contributed by atoms with Crippen molar-refractivity contribution in [2.45, 2.75) is 26.2 Å². The van der Waals surface area contributed by atoms with Gasteiger partial charge in [-0.3, -0.25) is 4.79 Å². The van der Waals surface area contributed by atoms with Crippen LogP contribution < -0.4 is 5.32 Å². The van der Waals surface area contributed by atoms with Crippen LogP contribution in [-0.4, -0.2) is 6.41 Å². The molecule has 1 amide bonds. The Bertz CT molecular complexity index is 552. The zero-order chi connectivity index (χ0) is 12.5. The fourth-order valence-corrected chi connectivity index (χ4v) is 2.12. The summed E-state index contributed by atoms with van der Waals surface area (Å²) in [6, 6.07) is 12.1. The molecule has 1 N–H and O–H groups in total. The first kappa shape index (κ1) is 11.6. The Hall–Kier alpha value is -1.83. The first-order chi connectivity index (χ1) is 8.04. The van der Waals surface area contributed by atoms with Crippen LogP contribution in [0.25, 0.3) is 10.8 Å². The Labute approximate surface area is 102 Å². The van der Waals surface area contributed by atoms with Gasteiger partial charge < -0.3 is 5.32 Å². The van der Waals surface area contributed by atoms with Crippen molar-refractivity contribution in [1.29, 1.82) is 0 Å². The summed E-state index contributed by atoms with van der Waals surface area (Å²) in [5.41, 5.74) is 2.18. The van der Waals surface area contributed by atoms with Gasteiger partial charge in [0, 0.05) is 11.1 Å². The number of nitrogens with one attached hydrogen (secondary N) is 1. The molecule has 0 aliphatic rings. The van der Waals surface area contributed by atoms with Gasteiger partial charge in [-0.1, -0.05) is 51.1 Å². The summed E-state index contributed by atoms with van der Waals surface area (Å²) in [6.07, 6.45) is 1.73. The number of amides is 1. The van der Waals surface area contributed by atoms with Crippen molar-refractivity contribution >= 4 is 22.9 Å². The van der Waals surface area contributed by atoms with Crippen LogP contribution in [0.3, 0.4) is 0 Å². The van der Waals surface area contributed by atoms with Gasteiger partial charge in [-0.25, -0.2) is 0 Å². The van der Waals surface area contributed by atoms with Crippen LogP contribution in [0.2, 0.25) is 0 Å². The molecule has 2 rings (SSSR count). The van der Waals surface area contributed by atoms with E-state index in [4.69, 9.17) is 0 Å². The van der Waals surface area contributed by atoms with E-state index in [1.54, 1.807) is 6.41 Å². The van der Waals surface area contributed by atoms with Gasteiger partial charge in [0.15, 0.2) is 0 Å². The van der Waals surface area contributed by atoms with Crippen molar-refractivity contribution in [1.82, 2.24) is 0 Å². The lowest BCUT2D eigenvalue weighted by Crippen LogP contribution is -2.12. The number of carbonyl (C=O) groups excluding carboxylic acids is 1. The van der Waals surface area contributed by atoms with Gasteiger partial charge >= 0.3 is 6.41 Å². The Morgan fingerprint density at radius 2 is 1.65 bits per heavy atom. The largest absolute Gasteiger partial charge is 0.317 e. The lowest BCUT2D eigenvalue weighted by Gasteiger charge is -2.22. The highest BCUT2D eigenvalue weighted by Crippen LogP contribution is 2.33. The molecular weight excluding hydrogens is 210 g/mol. The number of hydrogen-bond donors (Lipinski definition) is 1. The van der Waals surface area contributed by atoms with Gasteiger partial charge in [-0.05, 0) is 22.4 Å². The minimum atomic E-state index is 0.0863. The summed E-state index contributed by atoms with van der Waals surface area (Å²) in [6.45, 7) is 6.56. The molecule has 87 valence electrons. The molecule has 0 unspecified atom stereocenters. The Kier molecular flexibility index (Phi) is 2.88. The molecule has 2 aromatic carbocycles. The minimum Gasteiger partial charge on any atom is -0.317 e. The molecule has 0 bridgehead atoms. The molecule has 0 saturated heterocycles. The number of rotatable bonds is 2. The number of anilines is 1. The number of fused-ring (bicyclic) bond motifs is 1. The van der Waals surface area contributed by atoms with Crippen LogP contribution in [0, 0.1) is 0 Å². The van der Waals surface area contributed by atoms with Gasteiger partial charge in [-0.2, -0.15) is 0 Å². The molecular formula is C15H16NO. The molecule has 0 fully saturated rings. The molecule has 0 aliphatic carbocycles. The molecule has 0 aromatic heterocycles. The van der Waals surface area contributed by atoms with Crippen molar-refractivity contribution < 1.29 is 4.79 Å². The first-order valence-electron chi connectivity index (χ1n) is 5.69. The van der Waals surface area contributed by atoms with Crippen LogP contribution in [0.1, 0.15) is 26.3 Å². The van der Waals surface area contributed by atoms with Crippen molar-refractivity contribution in [3.63, 3.8) is 0 Å². The molecule has 2 aromatic rings. The zero-order valence-corrected chi connectivity index (χ0v) is 10.4. The topological polar surface area (TPSA) is 29.1 Å². The summed E-state index contributed by atoms with van der Waals surface area (Å²) in [5, 5.41) is 4.86.